The van der Waals surface area contributed by atoms with E-state index < -0.39 is 0 Å². The quantitative estimate of drug-likeness (QED) is 0.326. The van der Waals surface area contributed by atoms with Crippen molar-refractivity contribution in [2.45, 2.75) is 19.8 Å². The van der Waals surface area contributed by atoms with Crippen LogP contribution in [0.25, 0.3) is 16.9 Å². The number of hydrogen-bond acceptors (Lipinski definition) is 3. The number of urea groups is 1. The Morgan fingerprint density at radius 2 is 1.49 bits per heavy atom. The van der Waals surface area contributed by atoms with Crippen LogP contribution in [0.3, 0.4) is 0 Å². The lowest BCUT2D eigenvalue weighted by Crippen LogP contribution is -2.41. The smallest absolute Gasteiger partial charge is 0.315 e. The van der Waals surface area contributed by atoms with E-state index in [1.165, 1.54) is 4.90 Å². The maximum Gasteiger partial charge on any atom is 0.322 e. The number of unbranched alkanes of at least 4 members (excludes halogenated alkanes) is 1. The van der Waals surface area contributed by atoms with Crippen molar-refractivity contribution in [3.8, 4) is 16.9 Å². The Hall–Kier alpha value is -4.39. The third kappa shape index (κ3) is 6.35. The monoisotopic (exact) mass is 467 g/mol. The zero-order valence-electron chi connectivity index (χ0n) is 19.7. The van der Waals surface area contributed by atoms with Gasteiger partial charge in [-0.1, -0.05) is 80.1 Å². The highest BCUT2D eigenvalue weighted by atomic mass is 16.2. The van der Waals surface area contributed by atoms with Gasteiger partial charge in [0.15, 0.2) is 0 Å². The van der Waals surface area contributed by atoms with Crippen molar-refractivity contribution in [2.75, 3.05) is 23.7 Å². The van der Waals surface area contributed by atoms with Crippen molar-refractivity contribution in [3.63, 3.8) is 0 Å². The van der Waals surface area contributed by atoms with Gasteiger partial charge in [-0.15, -0.1) is 0 Å². The molecule has 0 unspecified atom stereocenters. The van der Waals surface area contributed by atoms with Crippen LogP contribution in [0.1, 0.15) is 19.8 Å². The van der Waals surface area contributed by atoms with Gasteiger partial charge in [-0.3, -0.25) is 4.79 Å². The largest absolute Gasteiger partial charge is 0.322 e. The van der Waals surface area contributed by atoms with E-state index in [1.54, 1.807) is 4.68 Å². The van der Waals surface area contributed by atoms with Crippen LogP contribution in [-0.4, -0.2) is 39.7 Å². The number of hydrogen-bond donors (Lipinski definition) is 2. The molecule has 4 aromatic rings. The second kappa shape index (κ2) is 11.7. The summed E-state index contributed by atoms with van der Waals surface area (Å²) in [4.78, 5) is 27.5. The minimum Gasteiger partial charge on any atom is -0.315 e. The van der Waals surface area contributed by atoms with Crippen LogP contribution in [0.2, 0.25) is 0 Å². The molecule has 0 fully saturated rings. The predicted molar refractivity (Wildman–Crippen MR) is 140 cm³/mol. The molecule has 1 heterocycles. The maximum atomic E-state index is 13.1. The molecule has 0 aliphatic carbocycles. The average molecular weight is 468 g/mol. The van der Waals surface area contributed by atoms with E-state index in [9.17, 15) is 9.59 Å². The van der Waals surface area contributed by atoms with E-state index in [2.05, 4.69) is 17.6 Å². The number of carbonyl (C=O) groups is 2. The molecule has 0 aliphatic heterocycles. The van der Waals surface area contributed by atoms with E-state index >= 15 is 0 Å². The molecule has 0 spiro atoms. The number of para-hydroxylation sites is 2. The molecule has 4 rings (SSSR count). The van der Waals surface area contributed by atoms with Crippen LogP contribution >= 0.6 is 0 Å². The highest BCUT2D eigenvalue weighted by Gasteiger charge is 2.19. The molecule has 3 aromatic carbocycles. The highest BCUT2D eigenvalue weighted by Crippen LogP contribution is 2.24. The molecule has 7 nitrogen and oxygen atoms in total. The van der Waals surface area contributed by atoms with E-state index in [4.69, 9.17) is 5.10 Å². The second-order valence-corrected chi connectivity index (χ2v) is 8.15. The molecule has 0 bridgehead atoms. The molecule has 0 atom stereocenters. The summed E-state index contributed by atoms with van der Waals surface area (Å²) in [6, 6.07) is 30.2. The summed E-state index contributed by atoms with van der Waals surface area (Å²) in [5.74, 6) is 0.250. The predicted octanol–water partition coefficient (Wildman–Crippen LogP) is 5.81. The van der Waals surface area contributed by atoms with Gasteiger partial charge >= 0.3 is 6.03 Å². The van der Waals surface area contributed by atoms with Crippen molar-refractivity contribution in [1.29, 1.82) is 0 Å². The van der Waals surface area contributed by atoms with Gasteiger partial charge in [0.2, 0.25) is 5.91 Å². The van der Waals surface area contributed by atoms with Crippen LogP contribution in [-0.2, 0) is 4.79 Å². The summed E-state index contributed by atoms with van der Waals surface area (Å²) in [7, 11) is 0. The number of rotatable bonds is 9. The first kappa shape index (κ1) is 23.8. The van der Waals surface area contributed by atoms with Crippen LogP contribution in [0, 0.1) is 0 Å². The molecule has 0 radical (unpaired) electrons. The fourth-order valence-corrected chi connectivity index (χ4v) is 3.67. The number of nitrogens with one attached hydrogen (secondary N) is 2. The van der Waals surface area contributed by atoms with Gasteiger partial charge in [-0.25, -0.2) is 9.48 Å². The molecule has 3 amide bonds. The molecule has 7 heteroatoms. The number of anilines is 2. The Bertz CT molecular complexity index is 1240. The Kier molecular flexibility index (Phi) is 7.91. The van der Waals surface area contributed by atoms with Crippen LogP contribution in [0.4, 0.5) is 16.3 Å². The first-order valence-electron chi connectivity index (χ1n) is 11.8. The fourth-order valence-electron chi connectivity index (χ4n) is 3.67. The Morgan fingerprint density at radius 3 is 2.14 bits per heavy atom. The molecule has 178 valence electrons. The van der Waals surface area contributed by atoms with E-state index in [0.717, 1.165) is 29.8 Å². The van der Waals surface area contributed by atoms with Gasteiger partial charge in [0.05, 0.1) is 11.4 Å². The van der Waals surface area contributed by atoms with E-state index in [-0.39, 0.29) is 18.5 Å². The van der Waals surface area contributed by atoms with Crippen molar-refractivity contribution in [2.24, 2.45) is 0 Å². The number of carbonyl (C=O) groups excluding carboxylic acids is 2. The van der Waals surface area contributed by atoms with E-state index in [0.29, 0.717) is 18.1 Å². The Morgan fingerprint density at radius 1 is 0.857 bits per heavy atom. The normalized spacial score (nSPS) is 10.5. The minimum absolute atomic E-state index is 0.0701. The van der Waals surface area contributed by atoms with Gasteiger partial charge in [-0.05, 0) is 30.7 Å². The zero-order chi connectivity index (χ0) is 24.5. The summed E-state index contributed by atoms with van der Waals surface area (Å²) < 4.78 is 1.71. The van der Waals surface area contributed by atoms with E-state index in [1.807, 2.05) is 97.1 Å². The fraction of sp³-hybridized carbons (Fsp3) is 0.179. The summed E-state index contributed by atoms with van der Waals surface area (Å²) >= 11 is 0. The molecule has 0 aliphatic rings. The number of nitrogens with zero attached hydrogens (tertiary/aromatic N) is 3. The third-order valence-electron chi connectivity index (χ3n) is 5.48. The van der Waals surface area contributed by atoms with Gasteiger partial charge < -0.3 is 15.5 Å². The SMILES string of the molecule is CCCCN(CC(=O)Nc1cc(-c2ccccc2)nn1-c1ccccc1)C(=O)Nc1ccccc1. The maximum absolute atomic E-state index is 13.1. The lowest BCUT2D eigenvalue weighted by Gasteiger charge is -2.22. The van der Waals surface area contributed by atoms with Gasteiger partial charge in [0, 0.05) is 23.9 Å². The molecule has 1 aromatic heterocycles. The van der Waals surface area contributed by atoms with Gasteiger partial charge in [0.1, 0.15) is 12.4 Å². The summed E-state index contributed by atoms with van der Waals surface area (Å²) in [5.41, 5.74) is 3.21. The summed E-state index contributed by atoms with van der Waals surface area (Å²) in [6.07, 6.45) is 1.72. The number of benzene rings is 3. The third-order valence-corrected chi connectivity index (χ3v) is 5.48. The van der Waals surface area contributed by atoms with Gasteiger partial charge in [0.25, 0.3) is 0 Å². The molecule has 0 saturated carbocycles. The van der Waals surface area contributed by atoms with Gasteiger partial charge in [-0.2, -0.15) is 5.10 Å². The molecule has 0 saturated heterocycles. The van der Waals surface area contributed by atoms with Crippen molar-refractivity contribution in [1.82, 2.24) is 14.7 Å². The zero-order valence-corrected chi connectivity index (χ0v) is 19.7. The molecular weight excluding hydrogens is 438 g/mol. The molecule has 2 N–H and O–H groups in total. The van der Waals surface area contributed by atoms with Crippen LogP contribution in [0.15, 0.2) is 97.1 Å². The lowest BCUT2D eigenvalue weighted by molar-refractivity contribution is -0.116. The molecular formula is C28H29N5O2. The second-order valence-electron chi connectivity index (χ2n) is 8.15. The van der Waals surface area contributed by atoms with Crippen molar-refractivity contribution < 1.29 is 9.59 Å². The summed E-state index contributed by atoms with van der Waals surface area (Å²) in [6.45, 7) is 2.46. The van der Waals surface area contributed by atoms with Crippen LogP contribution in [0.5, 0.6) is 0 Å². The molecule has 35 heavy (non-hydrogen) atoms. The first-order valence-corrected chi connectivity index (χ1v) is 11.8. The minimum atomic E-state index is -0.304. The average Bonchev–Trinajstić information content (AvgIpc) is 3.31. The topological polar surface area (TPSA) is 79.3 Å². The van der Waals surface area contributed by atoms with Crippen molar-refractivity contribution >= 4 is 23.4 Å². The number of aromatic nitrogens is 2. The van der Waals surface area contributed by atoms with Crippen LogP contribution < -0.4 is 10.6 Å². The summed E-state index contributed by atoms with van der Waals surface area (Å²) in [5, 5.41) is 10.6. The lowest BCUT2D eigenvalue weighted by atomic mass is 10.1. The first-order chi connectivity index (χ1) is 17.1. The Labute approximate surface area is 205 Å². The Balaban J connectivity index is 1.54. The van der Waals surface area contributed by atoms with Crippen molar-refractivity contribution in [3.05, 3.63) is 97.1 Å². The number of amides is 3. The highest BCUT2D eigenvalue weighted by molar-refractivity contribution is 5.97. The standard InChI is InChI=1S/C28H29N5O2/c1-2-3-19-32(28(35)29-23-15-9-5-10-16-23)21-27(34)30-26-20-25(22-13-7-4-8-14-22)31-33(26)24-17-11-6-12-18-24/h4-18,20H,2-3,19,21H2,1H3,(H,29,35)(H,30,34).